The van der Waals surface area contributed by atoms with Gasteiger partial charge in [-0.25, -0.2) is 0 Å². The molecule has 0 saturated heterocycles. The van der Waals surface area contributed by atoms with E-state index in [1.165, 1.54) is 24.3 Å². The first-order valence-electron chi connectivity index (χ1n) is 10.0. The number of hydrogen-bond donors (Lipinski definition) is 1. The SMILES string of the molecule is COc1cccc(Cn2cc(NC(=O)c3ccc(COc4ccc([N+](=O)[O-])cc4Cl)o3)cn2)c1. The number of hydrogen-bond acceptors (Lipinski definition) is 7. The molecular formula is C23H19ClN4O6. The van der Waals surface area contributed by atoms with Crippen molar-refractivity contribution in [2.75, 3.05) is 12.4 Å². The Hall–Kier alpha value is -4.31. The number of carbonyl (C=O) groups is 1. The van der Waals surface area contributed by atoms with E-state index < -0.39 is 10.8 Å². The molecule has 2 aromatic heterocycles. The van der Waals surface area contributed by atoms with Gasteiger partial charge in [-0.05, 0) is 35.9 Å². The van der Waals surface area contributed by atoms with Crippen molar-refractivity contribution in [2.24, 2.45) is 0 Å². The zero-order chi connectivity index (χ0) is 24.1. The minimum Gasteiger partial charge on any atom is -0.497 e. The summed E-state index contributed by atoms with van der Waals surface area (Å²) >= 11 is 6.02. The Bertz CT molecular complexity index is 1330. The van der Waals surface area contributed by atoms with Crippen molar-refractivity contribution in [1.29, 1.82) is 0 Å². The average Bonchev–Trinajstić information content (AvgIpc) is 3.48. The van der Waals surface area contributed by atoms with E-state index >= 15 is 0 Å². The van der Waals surface area contributed by atoms with Crippen molar-refractivity contribution in [2.45, 2.75) is 13.2 Å². The summed E-state index contributed by atoms with van der Waals surface area (Å²) in [6.45, 7) is 0.504. The summed E-state index contributed by atoms with van der Waals surface area (Å²) < 4.78 is 18.0. The number of carbonyl (C=O) groups excluding carboxylic acids is 1. The highest BCUT2D eigenvalue weighted by molar-refractivity contribution is 6.32. The van der Waals surface area contributed by atoms with Crippen LogP contribution >= 0.6 is 11.6 Å². The molecule has 1 amide bonds. The Morgan fingerprint density at radius 2 is 2.09 bits per heavy atom. The van der Waals surface area contributed by atoms with Gasteiger partial charge in [0.1, 0.15) is 23.9 Å². The fraction of sp³-hybridized carbons (Fsp3) is 0.130. The molecule has 0 bridgehead atoms. The molecule has 0 aliphatic rings. The Morgan fingerprint density at radius 1 is 1.24 bits per heavy atom. The predicted octanol–water partition coefficient (Wildman–Crippen LogP) is 4.93. The molecule has 4 aromatic rings. The molecule has 2 aromatic carbocycles. The Kier molecular flexibility index (Phi) is 6.79. The molecule has 0 radical (unpaired) electrons. The van der Waals surface area contributed by atoms with Crippen LogP contribution in [-0.4, -0.2) is 27.7 Å². The molecule has 0 unspecified atom stereocenters. The van der Waals surface area contributed by atoms with E-state index in [9.17, 15) is 14.9 Å². The normalized spacial score (nSPS) is 10.6. The molecule has 2 heterocycles. The summed E-state index contributed by atoms with van der Waals surface area (Å²) in [4.78, 5) is 22.8. The third-order valence-corrected chi connectivity index (χ3v) is 5.05. The van der Waals surface area contributed by atoms with Gasteiger partial charge in [0.15, 0.2) is 5.76 Å². The highest BCUT2D eigenvalue weighted by Crippen LogP contribution is 2.29. The second-order valence-corrected chi connectivity index (χ2v) is 7.57. The van der Waals surface area contributed by atoms with Crippen LogP contribution in [-0.2, 0) is 13.2 Å². The Balaban J connectivity index is 1.33. The maximum Gasteiger partial charge on any atom is 0.291 e. The van der Waals surface area contributed by atoms with Gasteiger partial charge in [0.05, 0.1) is 35.5 Å². The number of aromatic nitrogens is 2. The summed E-state index contributed by atoms with van der Waals surface area (Å²) in [7, 11) is 1.61. The van der Waals surface area contributed by atoms with Gasteiger partial charge in [-0.2, -0.15) is 5.10 Å². The van der Waals surface area contributed by atoms with Crippen LogP contribution in [0, 0.1) is 10.1 Å². The van der Waals surface area contributed by atoms with E-state index in [0.29, 0.717) is 18.0 Å². The number of nitrogens with one attached hydrogen (secondary N) is 1. The summed E-state index contributed by atoms with van der Waals surface area (Å²) in [5, 5.41) is 17.9. The zero-order valence-electron chi connectivity index (χ0n) is 17.9. The van der Waals surface area contributed by atoms with Crippen LogP contribution in [0.25, 0.3) is 0 Å². The van der Waals surface area contributed by atoms with Crippen molar-refractivity contribution >= 4 is 28.9 Å². The van der Waals surface area contributed by atoms with Crippen molar-refractivity contribution in [3.63, 3.8) is 0 Å². The predicted molar refractivity (Wildman–Crippen MR) is 123 cm³/mol. The third-order valence-electron chi connectivity index (χ3n) is 4.75. The summed E-state index contributed by atoms with van der Waals surface area (Å²) in [5.41, 5.74) is 1.38. The lowest BCUT2D eigenvalue weighted by Crippen LogP contribution is -2.10. The van der Waals surface area contributed by atoms with E-state index in [1.807, 2.05) is 24.3 Å². The van der Waals surface area contributed by atoms with Gasteiger partial charge < -0.3 is 19.2 Å². The second kappa shape index (κ2) is 10.1. The number of nitro groups is 1. The number of nitrogens with zero attached hydrogens (tertiary/aromatic N) is 3. The minimum atomic E-state index is -0.546. The molecule has 11 heteroatoms. The van der Waals surface area contributed by atoms with Crippen LogP contribution in [0.2, 0.25) is 5.02 Å². The van der Waals surface area contributed by atoms with Crippen LogP contribution < -0.4 is 14.8 Å². The van der Waals surface area contributed by atoms with Crippen molar-refractivity contribution in [1.82, 2.24) is 9.78 Å². The first-order valence-corrected chi connectivity index (χ1v) is 10.4. The lowest BCUT2D eigenvalue weighted by molar-refractivity contribution is -0.384. The van der Waals surface area contributed by atoms with Crippen molar-refractivity contribution < 1.29 is 23.6 Å². The molecule has 1 N–H and O–H groups in total. The highest BCUT2D eigenvalue weighted by atomic mass is 35.5. The number of furan rings is 1. The second-order valence-electron chi connectivity index (χ2n) is 7.16. The topological polar surface area (TPSA) is 122 Å². The summed E-state index contributed by atoms with van der Waals surface area (Å²) in [5.74, 6) is 1.05. The fourth-order valence-corrected chi connectivity index (χ4v) is 3.34. The highest BCUT2D eigenvalue weighted by Gasteiger charge is 2.15. The van der Waals surface area contributed by atoms with Gasteiger partial charge in [0, 0.05) is 18.3 Å². The average molecular weight is 483 g/mol. The van der Waals surface area contributed by atoms with E-state index in [1.54, 1.807) is 30.3 Å². The summed E-state index contributed by atoms with van der Waals surface area (Å²) in [6, 6.07) is 14.6. The molecule has 0 aliphatic heterocycles. The molecular weight excluding hydrogens is 464 g/mol. The van der Waals surface area contributed by atoms with Crippen molar-refractivity contribution in [3.8, 4) is 11.5 Å². The van der Waals surface area contributed by atoms with E-state index in [0.717, 1.165) is 11.3 Å². The van der Waals surface area contributed by atoms with Gasteiger partial charge >= 0.3 is 0 Å². The van der Waals surface area contributed by atoms with E-state index in [2.05, 4.69) is 10.4 Å². The van der Waals surface area contributed by atoms with Gasteiger partial charge in [-0.15, -0.1) is 0 Å². The molecule has 0 atom stereocenters. The third kappa shape index (κ3) is 5.54. The Morgan fingerprint density at radius 3 is 2.85 bits per heavy atom. The fourth-order valence-electron chi connectivity index (χ4n) is 3.11. The lowest BCUT2D eigenvalue weighted by Gasteiger charge is -2.06. The van der Waals surface area contributed by atoms with Gasteiger partial charge in [0.25, 0.3) is 11.6 Å². The smallest absolute Gasteiger partial charge is 0.291 e. The molecule has 174 valence electrons. The largest absolute Gasteiger partial charge is 0.497 e. The standard InChI is InChI=1S/C23H19ClN4O6/c1-32-18-4-2-3-15(9-18)12-27-13-16(11-25-27)26-23(29)22-8-6-19(34-22)14-33-21-7-5-17(28(30)31)10-20(21)24/h2-11,13H,12,14H2,1H3,(H,26,29). The molecule has 0 fully saturated rings. The number of ether oxygens (including phenoxy) is 2. The maximum atomic E-state index is 12.5. The Labute approximate surface area is 198 Å². The number of non-ortho nitro benzene ring substituents is 1. The molecule has 34 heavy (non-hydrogen) atoms. The molecule has 10 nitrogen and oxygen atoms in total. The minimum absolute atomic E-state index is 0.0106. The van der Waals surface area contributed by atoms with Crippen LogP contribution in [0.5, 0.6) is 11.5 Å². The maximum absolute atomic E-state index is 12.5. The van der Waals surface area contributed by atoms with Crippen molar-refractivity contribution in [3.05, 3.63) is 99.2 Å². The first-order chi connectivity index (χ1) is 16.4. The lowest BCUT2D eigenvalue weighted by atomic mass is 10.2. The number of benzene rings is 2. The van der Waals surface area contributed by atoms with Gasteiger partial charge in [0.2, 0.25) is 0 Å². The number of amides is 1. The number of halogens is 1. The molecule has 0 saturated carbocycles. The number of anilines is 1. The zero-order valence-corrected chi connectivity index (χ0v) is 18.7. The summed E-state index contributed by atoms with van der Waals surface area (Å²) in [6.07, 6.45) is 3.25. The first kappa shape index (κ1) is 22.9. The van der Waals surface area contributed by atoms with Gasteiger partial charge in [-0.3, -0.25) is 19.6 Å². The van der Waals surface area contributed by atoms with E-state index in [4.69, 9.17) is 25.5 Å². The van der Waals surface area contributed by atoms with Crippen LogP contribution in [0.3, 0.4) is 0 Å². The van der Waals surface area contributed by atoms with Crippen LogP contribution in [0.4, 0.5) is 11.4 Å². The van der Waals surface area contributed by atoms with Crippen LogP contribution in [0.1, 0.15) is 21.9 Å². The molecule has 0 aliphatic carbocycles. The molecule has 4 rings (SSSR count). The van der Waals surface area contributed by atoms with E-state index in [-0.39, 0.29) is 28.8 Å². The quantitative estimate of drug-likeness (QED) is 0.265. The van der Waals surface area contributed by atoms with Gasteiger partial charge in [-0.1, -0.05) is 23.7 Å². The van der Waals surface area contributed by atoms with Crippen LogP contribution in [0.15, 0.2) is 71.4 Å². The molecule has 0 spiro atoms. The number of methoxy groups -OCH3 is 1. The number of nitro benzene ring substituents is 1. The number of rotatable bonds is 9. The monoisotopic (exact) mass is 482 g/mol.